The second-order valence-electron chi connectivity index (χ2n) is 3.97. The monoisotopic (exact) mass is 290 g/mol. The van der Waals surface area contributed by atoms with Crippen molar-refractivity contribution in [3.8, 4) is 0 Å². The molecule has 3 N–H and O–H groups in total. The standard InChI is InChI=1S/C12H16Cl2N2O2/c1-8(4-3-7-17)15-12(18)16-10-6-2-5-9(13)11(10)14/h2,5-6,8,17H,3-4,7H2,1H3,(H2,15,16,18). The highest BCUT2D eigenvalue weighted by Crippen LogP contribution is 2.29. The second kappa shape index (κ2) is 7.46. The van der Waals surface area contributed by atoms with Gasteiger partial charge in [-0.3, -0.25) is 0 Å². The Kier molecular flexibility index (Phi) is 6.25. The van der Waals surface area contributed by atoms with Gasteiger partial charge in [0.25, 0.3) is 0 Å². The number of aliphatic hydroxyl groups excluding tert-OH is 1. The van der Waals surface area contributed by atoms with Crippen LogP contribution in [0.2, 0.25) is 10.0 Å². The number of benzene rings is 1. The van der Waals surface area contributed by atoms with Crippen LogP contribution in [-0.4, -0.2) is 23.8 Å². The molecule has 0 bridgehead atoms. The molecule has 0 aromatic heterocycles. The Hall–Kier alpha value is -0.970. The average molecular weight is 291 g/mol. The second-order valence-corrected chi connectivity index (χ2v) is 4.75. The number of carbonyl (C=O) groups is 1. The predicted octanol–water partition coefficient (Wildman–Crippen LogP) is 3.28. The SMILES string of the molecule is CC(CCCO)NC(=O)Nc1cccc(Cl)c1Cl. The zero-order valence-electron chi connectivity index (χ0n) is 10.0. The minimum absolute atomic E-state index is 0.0184. The topological polar surface area (TPSA) is 61.4 Å². The first kappa shape index (κ1) is 15.1. The van der Waals surface area contributed by atoms with E-state index in [1.807, 2.05) is 6.92 Å². The van der Waals surface area contributed by atoms with E-state index in [4.69, 9.17) is 28.3 Å². The van der Waals surface area contributed by atoms with E-state index < -0.39 is 0 Å². The van der Waals surface area contributed by atoms with Gasteiger partial charge in [-0.15, -0.1) is 0 Å². The van der Waals surface area contributed by atoms with E-state index in [0.717, 1.165) is 0 Å². The smallest absolute Gasteiger partial charge is 0.319 e. The molecule has 6 heteroatoms. The largest absolute Gasteiger partial charge is 0.396 e. The summed E-state index contributed by atoms with van der Waals surface area (Å²) in [5.41, 5.74) is 0.469. The van der Waals surface area contributed by atoms with Gasteiger partial charge < -0.3 is 15.7 Å². The molecule has 4 nitrogen and oxygen atoms in total. The third-order valence-electron chi connectivity index (χ3n) is 2.37. The third kappa shape index (κ3) is 4.72. The first-order valence-electron chi connectivity index (χ1n) is 5.67. The average Bonchev–Trinajstić information content (AvgIpc) is 2.32. The summed E-state index contributed by atoms with van der Waals surface area (Å²) in [6.45, 7) is 1.99. The molecule has 1 rings (SSSR count). The fraction of sp³-hybridized carbons (Fsp3) is 0.417. The van der Waals surface area contributed by atoms with Gasteiger partial charge in [0.1, 0.15) is 0 Å². The molecular weight excluding hydrogens is 275 g/mol. The van der Waals surface area contributed by atoms with Crippen LogP contribution in [0.4, 0.5) is 10.5 Å². The van der Waals surface area contributed by atoms with Crippen molar-refractivity contribution in [3.63, 3.8) is 0 Å². The van der Waals surface area contributed by atoms with Gasteiger partial charge in [-0.2, -0.15) is 0 Å². The summed E-state index contributed by atoms with van der Waals surface area (Å²) in [4.78, 5) is 11.7. The maximum absolute atomic E-state index is 11.7. The van der Waals surface area contributed by atoms with Gasteiger partial charge in [0.15, 0.2) is 0 Å². The van der Waals surface area contributed by atoms with Gasteiger partial charge in [0.2, 0.25) is 0 Å². The van der Waals surface area contributed by atoms with Crippen LogP contribution in [0.25, 0.3) is 0 Å². The summed E-state index contributed by atoms with van der Waals surface area (Å²) in [5, 5.41) is 14.8. The Morgan fingerprint density at radius 3 is 2.83 bits per heavy atom. The van der Waals surface area contributed by atoms with Crippen molar-refractivity contribution in [3.05, 3.63) is 28.2 Å². The molecule has 0 aliphatic carbocycles. The molecule has 0 saturated heterocycles. The van der Waals surface area contributed by atoms with Crippen LogP contribution in [0.5, 0.6) is 0 Å². The summed E-state index contributed by atoms with van der Waals surface area (Å²) in [7, 11) is 0. The number of rotatable bonds is 5. The number of urea groups is 1. The van der Waals surface area contributed by atoms with Gasteiger partial charge in [-0.05, 0) is 31.9 Å². The molecule has 0 aliphatic heterocycles. The number of amides is 2. The fourth-order valence-electron chi connectivity index (χ4n) is 1.45. The van der Waals surface area contributed by atoms with Gasteiger partial charge in [-0.1, -0.05) is 29.3 Å². The number of hydrogen-bond acceptors (Lipinski definition) is 2. The lowest BCUT2D eigenvalue weighted by Gasteiger charge is -2.14. The molecular formula is C12H16Cl2N2O2. The van der Waals surface area contributed by atoms with Crippen LogP contribution >= 0.6 is 23.2 Å². The Balaban J connectivity index is 2.52. The Morgan fingerprint density at radius 1 is 1.44 bits per heavy atom. The van der Waals surface area contributed by atoms with Crippen molar-refractivity contribution < 1.29 is 9.90 Å². The number of nitrogens with one attached hydrogen (secondary N) is 2. The summed E-state index contributed by atoms with van der Waals surface area (Å²) < 4.78 is 0. The molecule has 1 atom stereocenters. The van der Waals surface area contributed by atoms with Crippen LogP contribution < -0.4 is 10.6 Å². The Labute approximate surface area is 116 Å². The first-order valence-corrected chi connectivity index (χ1v) is 6.42. The molecule has 0 saturated carbocycles. The molecule has 18 heavy (non-hydrogen) atoms. The summed E-state index contributed by atoms with van der Waals surface area (Å²) >= 11 is 11.8. The zero-order valence-corrected chi connectivity index (χ0v) is 11.6. The lowest BCUT2D eigenvalue weighted by molar-refractivity contribution is 0.245. The molecule has 100 valence electrons. The lowest BCUT2D eigenvalue weighted by atomic mass is 10.2. The lowest BCUT2D eigenvalue weighted by Crippen LogP contribution is -2.36. The number of aliphatic hydroxyl groups is 1. The Morgan fingerprint density at radius 2 is 2.17 bits per heavy atom. The Bertz CT molecular complexity index is 413. The van der Waals surface area contributed by atoms with E-state index >= 15 is 0 Å². The van der Waals surface area contributed by atoms with Gasteiger partial charge >= 0.3 is 6.03 Å². The van der Waals surface area contributed by atoms with Crippen LogP contribution in [-0.2, 0) is 0 Å². The number of halogens is 2. The number of anilines is 1. The first-order chi connectivity index (χ1) is 8.54. The van der Waals surface area contributed by atoms with E-state index in [1.54, 1.807) is 18.2 Å². The van der Waals surface area contributed by atoms with E-state index in [-0.39, 0.29) is 18.7 Å². The number of carbonyl (C=O) groups excluding carboxylic acids is 1. The summed E-state index contributed by atoms with van der Waals surface area (Å²) in [5.74, 6) is 0. The van der Waals surface area contributed by atoms with E-state index in [0.29, 0.717) is 28.6 Å². The maximum atomic E-state index is 11.7. The van der Waals surface area contributed by atoms with Crippen molar-refractivity contribution in [2.24, 2.45) is 0 Å². The molecule has 0 radical (unpaired) electrons. The van der Waals surface area contributed by atoms with Crippen molar-refractivity contribution in [1.82, 2.24) is 5.32 Å². The minimum Gasteiger partial charge on any atom is -0.396 e. The van der Waals surface area contributed by atoms with Crippen molar-refractivity contribution in [1.29, 1.82) is 0 Å². The summed E-state index contributed by atoms with van der Waals surface area (Å²) in [6, 6.07) is 4.67. The number of hydrogen-bond donors (Lipinski definition) is 3. The van der Waals surface area contributed by atoms with E-state index in [1.165, 1.54) is 0 Å². The normalized spacial score (nSPS) is 12.0. The molecule has 0 aliphatic rings. The predicted molar refractivity (Wildman–Crippen MR) is 74.4 cm³/mol. The van der Waals surface area contributed by atoms with Crippen LogP contribution in [0.1, 0.15) is 19.8 Å². The van der Waals surface area contributed by atoms with Crippen LogP contribution in [0.15, 0.2) is 18.2 Å². The van der Waals surface area contributed by atoms with Gasteiger partial charge in [0.05, 0.1) is 15.7 Å². The third-order valence-corrected chi connectivity index (χ3v) is 3.19. The fourth-order valence-corrected chi connectivity index (χ4v) is 1.80. The van der Waals surface area contributed by atoms with E-state index in [2.05, 4.69) is 10.6 Å². The minimum atomic E-state index is -0.343. The molecule has 2 amide bonds. The quantitative estimate of drug-likeness (QED) is 0.779. The highest BCUT2D eigenvalue weighted by Gasteiger charge is 2.10. The van der Waals surface area contributed by atoms with Crippen molar-refractivity contribution in [2.75, 3.05) is 11.9 Å². The summed E-state index contributed by atoms with van der Waals surface area (Å²) in [6.07, 6.45) is 1.37. The van der Waals surface area contributed by atoms with Gasteiger partial charge in [0, 0.05) is 12.6 Å². The highest BCUT2D eigenvalue weighted by atomic mass is 35.5. The molecule has 0 spiro atoms. The maximum Gasteiger partial charge on any atom is 0.319 e. The molecule has 1 aromatic carbocycles. The molecule has 1 unspecified atom stereocenters. The van der Waals surface area contributed by atoms with Crippen molar-refractivity contribution in [2.45, 2.75) is 25.8 Å². The van der Waals surface area contributed by atoms with Crippen LogP contribution in [0, 0.1) is 0 Å². The molecule has 1 aromatic rings. The van der Waals surface area contributed by atoms with Crippen molar-refractivity contribution >= 4 is 34.9 Å². The van der Waals surface area contributed by atoms with Gasteiger partial charge in [-0.25, -0.2) is 4.79 Å². The van der Waals surface area contributed by atoms with E-state index in [9.17, 15) is 4.79 Å². The highest BCUT2D eigenvalue weighted by molar-refractivity contribution is 6.43. The zero-order chi connectivity index (χ0) is 13.5. The molecule has 0 fully saturated rings. The van der Waals surface area contributed by atoms with Crippen LogP contribution in [0.3, 0.4) is 0 Å². The molecule has 0 heterocycles.